The van der Waals surface area contributed by atoms with Crippen LogP contribution >= 0.6 is 0 Å². The summed E-state index contributed by atoms with van der Waals surface area (Å²) in [5, 5.41) is 21.3. The predicted molar refractivity (Wildman–Crippen MR) is 71.6 cm³/mol. The van der Waals surface area contributed by atoms with Gasteiger partial charge in [0, 0.05) is 12.5 Å². The molecule has 19 heavy (non-hydrogen) atoms. The Morgan fingerprint density at radius 2 is 2.11 bits per heavy atom. The Labute approximate surface area is 113 Å². The first-order chi connectivity index (χ1) is 9.16. The van der Waals surface area contributed by atoms with E-state index in [0.717, 1.165) is 18.4 Å². The summed E-state index contributed by atoms with van der Waals surface area (Å²) >= 11 is 0. The molecule has 1 aromatic rings. The van der Waals surface area contributed by atoms with Crippen LogP contribution in [0.1, 0.15) is 31.2 Å². The maximum absolute atomic E-state index is 10.4. The number of rotatable bonds is 6. The first-order valence-corrected chi connectivity index (χ1v) is 6.58. The average Bonchev–Trinajstić information content (AvgIpc) is 2.37. The first-order valence-electron chi connectivity index (χ1n) is 6.58. The summed E-state index contributed by atoms with van der Waals surface area (Å²) in [4.78, 5) is 10.4. The van der Waals surface area contributed by atoms with Gasteiger partial charge in [-0.25, -0.2) is 0 Å². The van der Waals surface area contributed by atoms with Crippen molar-refractivity contribution in [1.29, 1.82) is 5.26 Å². The predicted octanol–water partition coefficient (Wildman–Crippen LogP) is 2.06. The molecule has 0 bridgehead atoms. The molecule has 0 aliphatic heterocycles. The van der Waals surface area contributed by atoms with E-state index in [1.54, 1.807) is 0 Å². The normalized spacial score (nSPS) is 25.3. The fourth-order valence-corrected chi connectivity index (χ4v) is 2.62. The van der Waals surface area contributed by atoms with Crippen molar-refractivity contribution in [2.45, 2.75) is 37.1 Å². The molecule has 1 fully saturated rings. The lowest BCUT2D eigenvalue weighted by molar-refractivity contribution is -0.137. The smallest absolute Gasteiger partial charge is 0.303 e. The van der Waals surface area contributed by atoms with Gasteiger partial charge in [-0.15, -0.1) is 0 Å². The van der Waals surface area contributed by atoms with Crippen molar-refractivity contribution in [3.63, 3.8) is 0 Å². The molecule has 2 N–H and O–H groups in total. The number of nitrogens with zero attached hydrogens (tertiary/aromatic N) is 1. The molecule has 1 saturated carbocycles. The van der Waals surface area contributed by atoms with Gasteiger partial charge < -0.3 is 10.4 Å². The molecule has 0 aromatic heterocycles. The fraction of sp³-hybridized carbons (Fsp3) is 0.467. The zero-order valence-electron chi connectivity index (χ0n) is 10.8. The second-order valence-electron chi connectivity index (χ2n) is 5.12. The van der Waals surface area contributed by atoms with Gasteiger partial charge in [0.25, 0.3) is 0 Å². The molecule has 1 aromatic carbocycles. The number of nitriles is 1. The van der Waals surface area contributed by atoms with E-state index in [4.69, 9.17) is 5.11 Å². The van der Waals surface area contributed by atoms with E-state index in [1.165, 1.54) is 0 Å². The van der Waals surface area contributed by atoms with E-state index in [-0.39, 0.29) is 11.8 Å². The molecule has 1 aliphatic rings. The highest BCUT2D eigenvalue weighted by Gasteiger charge is 2.45. The summed E-state index contributed by atoms with van der Waals surface area (Å²) in [5.74, 6) is -0.758. The third-order valence-electron chi connectivity index (χ3n) is 3.73. The molecule has 4 heteroatoms. The molecule has 0 atom stereocenters. The van der Waals surface area contributed by atoms with E-state index in [0.29, 0.717) is 19.0 Å². The summed E-state index contributed by atoms with van der Waals surface area (Å²) < 4.78 is 0. The zero-order valence-corrected chi connectivity index (χ0v) is 10.8. The van der Waals surface area contributed by atoms with Gasteiger partial charge in [0.2, 0.25) is 0 Å². The van der Waals surface area contributed by atoms with Crippen molar-refractivity contribution < 1.29 is 9.90 Å². The molecule has 0 radical (unpaired) electrons. The maximum Gasteiger partial charge on any atom is 0.303 e. The number of carbonyl (C=O) groups is 1. The van der Waals surface area contributed by atoms with Crippen LogP contribution in [0.3, 0.4) is 0 Å². The molecule has 1 aliphatic carbocycles. The van der Waals surface area contributed by atoms with Gasteiger partial charge in [-0.3, -0.25) is 4.79 Å². The molecule has 0 spiro atoms. The minimum atomic E-state index is -0.758. The molecule has 0 amide bonds. The van der Waals surface area contributed by atoms with Crippen LogP contribution in [-0.4, -0.2) is 23.7 Å². The molecule has 100 valence electrons. The number of carboxylic acids is 1. The van der Waals surface area contributed by atoms with E-state index in [1.807, 2.05) is 30.3 Å². The topological polar surface area (TPSA) is 73.1 Å². The number of hydrogen-bond acceptors (Lipinski definition) is 3. The fourth-order valence-electron chi connectivity index (χ4n) is 2.62. The molecule has 0 saturated heterocycles. The average molecular weight is 258 g/mol. The lowest BCUT2D eigenvalue weighted by atomic mass is 9.62. The van der Waals surface area contributed by atoms with Gasteiger partial charge in [0.15, 0.2) is 0 Å². The molecule has 4 nitrogen and oxygen atoms in total. The maximum atomic E-state index is 10.4. The van der Waals surface area contributed by atoms with Crippen LogP contribution in [0.15, 0.2) is 30.3 Å². The SMILES string of the molecule is N#CC1(c2ccccc2)CC(NCCCC(=O)O)C1. The summed E-state index contributed by atoms with van der Waals surface area (Å²) in [6, 6.07) is 12.6. The lowest BCUT2D eigenvalue weighted by Crippen LogP contribution is -2.51. The minimum Gasteiger partial charge on any atom is -0.481 e. The van der Waals surface area contributed by atoms with Crippen molar-refractivity contribution in [2.75, 3.05) is 6.54 Å². The monoisotopic (exact) mass is 258 g/mol. The van der Waals surface area contributed by atoms with Crippen molar-refractivity contribution in [2.24, 2.45) is 0 Å². The Morgan fingerprint density at radius 3 is 2.68 bits per heavy atom. The largest absolute Gasteiger partial charge is 0.481 e. The highest BCUT2D eigenvalue weighted by atomic mass is 16.4. The Hall–Kier alpha value is -1.86. The van der Waals surface area contributed by atoms with Crippen molar-refractivity contribution in [3.05, 3.63) is 35.9 Å². The van der Waals surface area contributed by atoms with Crippen LogP contribution in [0, 0.1) is 11.3 Å². The van der Waals surface area contributed by atoms with Crippen LogP contribution in [0.2, 0.25) is 0 Å². The van der Waals surface area contributed by atoms with Gasteiger partial charge in [0.05, 0.1) is 11.5 Å². The molecule has 0 heterocycles. The Balaban J connectivity index is 1.80. The Bertz CT molecular complexity index is 473. The summed E-state index contributed by atoms with van der Waals surface area (Å²) in [7, 11) is 0. The lowest BCUT2D eigenvalue weighted by Gasteiger charge is -2.43. The Kier molecular flexibility index (Phi) is 4.18. The minimum absolute atomic E-state index is 0.196. The standard InChI is InChI=1S/C15H18N2O2/c16-11-15(12-5-2-1-3-6-12)9-13(10-15)17-8-4-7-14(18)19/h1-3,5-6,13,17H,4,7-10H2,(H,18,19). The van der Waals surface area contributed by atoms with Crippen LogP contribution in [-0.2, 0) is 10.2 Å². The number of aliphatic carboxylic acids is 1. The summed E-state index contributed by atoms with van der Waals surface area (Å²) in [6.07, 6.45) is 2.44. The van der Waals surface area contributed by atoms with Gasteiger partial charge in [-0.1, -0.05) is 30.3 Å². The highest BCUT2D eigenvalue weighted by molar-refractivity contribution is 5.66. The van der Waals surface area contributed by atoms with E-state index in [2.05, 4.69) is 11.4 Å². The second kappa shape index (κ2) is 5.85. The quantitative estimate of drug-likeness (QED) is 0.766. The third-order valence-corrected chi connectivity index (χ3v) is 3.73. The van der Waals surface area contributed by atoms with Crippen molar-refractivity contribution >= 4 is 5.97 Å². The van der Waals surface area contributed by atoms with Gasteiger partial charge in [0.1, 0.15) is 0 Å². The number of benzene rings is 1. The van der Waals surface area contributed by atoms with Gasteiger partial charge in [-0.05, 0) is 31.4 Å². The Morgan fingerprint density at radius 1 is 1.42 bits per heavy atom. The zero-order chi connectivity index (χ0) is 13.7. The van der Waals surface area contributed by atoms with Crippen molar-refractivity contribution in [3.8, 4) is 6.07 Å². The van der Waals surface area contributed by atoms with Crippen LogP contribution in [0.5, 0.6) is 0 Å². The van der Waals surface area contributed by atoms with Crippen LogP contribution in [0.4, 0.5) is 0 Å². The van der Waals surface area contributed by atoms with E-state index >= 15 is 0 Å². The molecule has 2 rings (SSSR count). The van der Waals surface area contributed by atoms with E-state index < -0.39 is 5.97 Å². The summed E-state index contributed by atoms with van der Waals surface area (Å²) in [6.45, 7) is 0.702. The van der Waals surface area contributed by atoms with Gasteiger partial charge >= 0.3 is 5.97 Å². The van der Waals surface area contributed by atoms with Gasteiger partial charge in [-0.2, -0.15) is 5.26 Å². The number of carboxylic acid groups (broad SMARTS) is 1. The first kappa shape index (κ1) is 13.6. The number of hydrogen-bond donors (Lipinski definition) is 2. The van der Waals surface area contributed by atoms with Crippen LogP contribution in [0.25, 0.3) is 0 Å². The molecule has 0 unspecified atom stereocenters. The molecular weight excluding hydrogens is 240 g/mol. The summed E-state index contributed by atoms with van der Waals surface area (Å²) in [5.41, 5.74) is 0.729. The highest BCUT2D eigenvalue weighted by Crippen LogP contribution is 2.43. The van der Waals surface area contributed by atoms with Crippen molar-refractivity contribution in [1.82, 2.24) is 5.32 Å². The van der Waals surface area contributed by atoms with Crippen LogP contribution < -0.4 is 5.32 Å². The third kappa shape index (κ3) is 3.12. The second-order valence-corrected chi connectivity index (χ2v) is 5.12. The number of nitrogens with one attached hydrogen (secondary N) is 1. The van der Waals surface area contributed by atoms with E-state index in [9.17, 15) is 10.1 Å². The molecular formula is C15H18N2O2.